The van der Waals surface area contributed by atoms with Crippen molar-refractivity contribution in [2.24, 2.45) is 0 Å². The summed E-state index contributed by atoms with van der Waals surface area (Å²) in [5.41, 5.74) is 0.787. The standard InChI is InChI=1S/C19H21N3O3.2C2HF3O2/c23-18(12-14-6-1-3-9-20-14)22-13-16(19-15(22)7-5-11-24-19)25-17-8-2-4-10-21-17;2*3-2(4,5)1(6)7/h1-4,6,8-10,15-16,19H,5,7,11-13H2;2*(H,6,7)/t15-,16-,19+;;/m1../s1. The molecule has 0 saturated carbocycles. The van der Waals surface area contributed by atoms with Crippen LogP contribution in [0.2, 0.25) is 0 Å². The molecule has 10 nitrogen and oxygen atoms in total. The van der Waals surface area contributed by atoms with Crippen molar-refractivity contribution < 1.29 is 60.4 Å². The minimum absolute atomic E-state index is 0.0682. The van der Waals surface area contributed by atoms with E-state index in [1.54, 1.807) is 12.4 Å². The third kappa shape index (κ3) is 10.0. The monoisotopic (exact) mass is 567 g/mol. The Morgan fingerprint density at radius 3 is 2.00 bits per heavy atom. The first-order valence-electron chi connectivity index (χ1n) is 11.2. The van der Waals surface area contributed by atoms with Crippen LogP contribution in [0.3, 0.4) is 0 Å². The van der Waals surface area contributed by atoms with Gasteiger partial charge in [-0.05, 0) is 31.0 Å². The number of alkyl halides is 6. The highest BCUT2D eigenvalue weighted by atomic mass is 19.4. The summed E-state index contributed by atoms with van der Waals surface area (Å²) < 4.78 is 75.5. The SMILES string of the molecule is O=C(Cc1ccccn1)N1C[C@@H](Oc2ccccn2)[C@H]2OCCC[C@H]21.O=C(O)C(F)(F)F.O=C(O)C(F)(F)F. The number of carbonyl (C=O) groups is 3. The van der Waals surface area contributed by atoms with Crippen molar-refractivity contribution in [3.8, 4) is 5.88 Å². The maximum atomic E-state index is 12.8. The van der Waals surface area contributed by atoms with E-state index in [1.807, 2.05) is 41.3 Å². The largest absolute Gasteiger partial charge is 0.490 e. The van der Waals surface area contributed by atoms with Gasteiger partial charge in [0.2, 0.25) is 11.8 Å². The maximum Gasteiger partial charge on any atom is 0.490 e. The first-order valence-corrected chi connectivity index (χ1v) is 11.2. The molecule has 0 unspecified atom stereocenters. The molecule has 0 radical (unpaired) electrons. The molecule has 0 aliphatic carbocycles. The predicted octanol–water partition coefficient (Wildman–Crippen LogP) is 3.12. The zero-order valence-corrected chi connectivity index (χ0v) is 19.9. The Morgan fingerprint density at radius 2 is 1.51 bits per heavy atom. The van der Waals surface area contributed by atoms with Gasteiger partial charge in [-0.15, -0.1) is 0 Å². The van der Waals surface area contributed by atoms with Crippen LogP contribution < -0.4 is 4.74 Å². The molecule has 3 atom stereocenters. The number of aromatic nitrogens is 2. The zero-order chi connectivity index (χ0) is 29.2. The summed E-state index contributed by atoms with van der Waals surface area (Å²) in [5.74, 6) is -4.87. The number of nitrogens with zero attached hydrogens (tertiary/aromatic N) is 3. The van der Waals surface area contributed by atoms with Gasteiger partial charge in [0.25, 0.3) is 0 Å². The summed E-state index contributed by atoms with van der Waals surface area (Å²) in [7, 11) is 0. The van der Waals surface area contributed by atoms with Gasteiger partial charge in [-0.2, -0.15) is 26.3 Å². The minimum Gasteiger partial charge on any atom is -0.475 e. The van der Waals surface area contributed by atoms with E-state index >= 15 is 0 Å². The number of hydrogen-bond donors (Lipinski definition) is 2. The highest BCUT2D eigenvalue weighted by molar-refractivity contribution is 5.79. The Hall–Kier alpha value is -3.95. The van der Waals surface area contributed by atoms with E-state index in [9.17, 15) is 31.1 Å². The number of carboxylic acid groups (broad SMARTS) is 2. The topological polar surface area (TPSA) is 139 Å². The normalized spacial score (nSPS) is 20.4. The lowest BCUT2D eigenvalue weighted by atomic mass is 10.0. The summed E-state index contributed by atoms with van der Waals surface area (Å²) in [5, 5.41) is 14.2. The van der Waals surface area contributed by atoms with Crippen LogP contribution >= 0.6 is 0 Å². The van der Waals surface area contributed by atoms with Crippen LogP contribution in [0.5, 0.6) is 5.88 Å². The van der Waals surface area contributed by atoms with Crippen molar-refractivity contribution in [3.63, 3.8) is 0 Å². The molecule has 16 heteroatoms. The van der Waals surface area contributed by atoms with Crippen LogP contribution in [0, 0.1) is 0 Å². The summed E-state index contributed by atoms with van der Waals surface area (Å²) in [6, 6.07) is 11.3. The second-order valence-electron chi connectivity index (χ2n) is 8.02. The van der Waals surface area contributed by atoms with E-state index < -0.39 is 24.3 Å². The molecule has 0 bridgehead atoms. The average molecular weight is 567 g/mol. The molecular formula is C23H23F6N3O7. The van der Waals surface area contributed by atoms with E-state index in [2.05, 4.69) is 9.97 Å². The van der Waals surface area contributed by atoms with Gasteiger partial charge in [-0.25, -0.2) is 14.6 Å². The highest BCUT2D eigenvalue weighted by Gasteiger charge is 2.47. The van der Waals surface area contributed by atoms with Crippen LogP contribution in [-0.2, 0) is 25.5 Å². The quantitative estimate of drug-likeness (QED) is 0.534. The Morgan fingerprint density at radius 1 is 0.949 bits per heavy atom. The number of likely N-dealkylation sites (tertiary alicyclic amines) is 1. The number of pyridine rings is 2. The van der Waals surface area contributed by atoms with E-state index in [4.69, 9.17) is 29.3 Å². The third-order valence-electron chi connectivity index (χ3n) is 5.25. The molecule has 0 spiro atoms. The molecular weight excluding hydrogens is 544 g/mol. The van der Waals surface area contributed by atoms with Crippen LogP contribution in [0.15, 0.2) is 48.8 Å². The third-order valence-corrected chi connectivity index (χ3v) is 5.25. The van der Waals surface area contributed by atoms with Gasteiger partial charge in [-0.3, -0.25) is 9.78 Å². The van der Waals surface area contributed by atoms with Crippen LogP contribution in [0.25, 0.3) is 0 Å². The number of fused-ring (bicyclic) bond motifs is 1. The molecule has 0 aromatic carbocycles. The number of carbonyl (C=O) groups excluding carboxylic acids is 1. The lowest BCUT2D eigenvalue weighted by molar-refractivity contribution is -0.193. The van der Waals surface area contributed by atoms with Gasteiger partial charge in [-0.1, -0.05) is 12.1 Å². The fourth-order valence-electron chi connectivity index (χ4n) is 3.63. The summed E-state index contributed by atoms with van der Waals surface area (Å²) in [6.07, 6.45) is -4.82. The molecule has 2 aliphatic rings. The van der Waals surface area contributed by atoms with E-state index in [0.29, 0.717) is 25.5 Å². The number of hydrogen-bond acceptors (Lipinski definition) is 7. The van der Waals surface area contributed by atoms with Crippen molar-refractivity contribution >= 4 is 17.8 Å². The number of ether oxygens (including phenoxy) is 2. The number of halogens is 6. The molecule has 2 aromatic heterocycles. The minimum atomic E-state index is -5.08. The van der Waals surface area contributed by atoms with Gasteiger partial charge in [0.15, 0.2) is 0 Å². The van der Waals surface area contributed by atoms with Gasteiger partial charge < -0.3 is 24.6 Å². The summed E-state index contributed by atoms with van der Waals surface area (Å²) >= 11 is 0. The van der Waals surface area contributed by atoms with E-state index in [0.717, 1.165) is 18.5 Å². The highest BCUT2D eigenvalue weighted by Crippen LogP contribution is 2.31. The molecule has 4 rings (SSSR count). The number of amides is 1. The molecule has 214 valence electrons. The van der Waals surface area contributed by atoms with E-state index in [1.165, 1.54) is 0 Å². The van der Waals surface area contributed by atoms with Gasteiger partial charge in [0.05, 0.1) is 19.0 Å². The summed E-state index contributed by atoms with van der Waals surface area (Å²) in [4.78, 5) is 41.0. The Balaban J connectivity index is 0.000000317. The Labute approximate surface area is 217 Å². The summed E-state index contributed by atoms with van der Waals surface area (Å²) in [6.45, 7) is 1.24. The van der Waals surface area contributed by atoms with Gasteiger partial charge in [0, 0.05) is 30.8 Å². The zero-order valence-electron chi connectivity index (χ0n) is 19.9. The molecule has 2 aromatic rings. The molecule has 39 heavy (non-hydrogen) atoms. The number of carboxylic acids is 2. The van der Waals surface area contributed by atoms with Crippen LogP contribution in [0.4, 0.5) is 26.3 Å². The maximum absolute atomic E-state index is 12.8. The lowest BCUT2D eigenvalue weighted by Gasteiger charge is -2.32. The Kier molecular flexibility index (Phi) is 11.0. The average Bonchev–Trinajstić information content (AvgIpc) is 3.23. The molecule has 2 N–H and O–H groups in total. The van der Waals surface area contributed by atoms with Crippen LogP contribution in [0.1, 0.15) is 18.5 Å². The molecule has 2 fully saturated rings. The first-order chi connectivity index (χ1) is 18.2. The second-order valence-corrected chi connectivity index (χ2v) is 8.02. The first kappa shape index (κ1) is 31.3. The molecule has 4 heterocycles. The molecule has 2 saturated heterocycles. The fraction of sp³-hybridized carbons (Fsp3) is 0.435. The van der Waals surface area contributed by atoms with Gasteiger partial charge >= 0.3 is 24.3 Å². The van der Waals surface area contributed by atoms with Crippen molar-refractivity contribution in [1.82, 2.24) is 14.9 Å². The smallest absolute Gasteiger partial charge is 0.475 e. The van der Waals surface area contributed by atoms with Crippen molar-refractivity contribution in [2.45, 2.75) is 49.9 Å². The second kappa shape index (κ2) is 13.7. The van der Waals surface area contributed by atoms with Crippen molar-refractivity contribution in [2.75, 3.05) is 13.2 Å². The van der Waals surface area contributed by atoms with Crippen molar-refractivity contribution in [1.29, 1.82) is 0 Å². The number of rotatable bonds is 4. The van der Waals surface area contributed by atoms with E-state index in [-0.39, 0.29) is 24.2 Å². The molecule has 2 aliphatic heterocycles. The van der Waals surface area contributed by atoms with Crippen LogP contribution in [-0.4, -0.2) is 86.7 Å². The molecule has 1 amide bonds. The van der Waals surface area contributed by atoms with Gasteiger partial charge in [0.1, 0.15) is 12.2 Å². The fourth-order valence-corrected chi connectivity index (χ4v) is 3.63. The number of aliphatic carboxylic acids is 2. The van der Waals surface area contributed by atoms with Crippen molar-refractivity contribution in [3.05, 3.63) is 54.5 Å². The predicted molar refractivity (Wildman–Crippen MR) is 118 cm³/mol. The lowest BCUT2D eigenvalue weighted by Crippen LogP contribution is -2.44. The Bertz CT molecular complexity index is 1060.